The molecule has 0 bridgehead atoms. The largest absolute Gasteiger partial charge is 0.508 e. The first-order valence-corrected chi connectivity index (χ1v) is 9.21. The molecule has 0 saturated carbocycles. The van der Waals surface area contributed by atoms with Crippen LogP contribution in [0.2, 0.25) is 0 Å². The van der Waals surface area contributed by atoms with E-state index in [4.69, 9.17) is 10.2 Å². The number of benzene rings is 3. The zero-order valence-corrected chi connectivity index (χ0v) is 18.3. The maximum Gasteiger partial charge on any atom is 0.119 e. The Morgan fingerprint density at radius 1 is 0.613 bits per heavy atom. The van der Waals surface area contributed by atoms with Gasteiger partial charge in [-0.2, -0.15) is 0 Å². The van der Waals surface area contributed by atoms with E-state index in [2.05, 4.69) is 19.7 Å². The molecule has 31 heavy (non-hydrogen) atoms. The van der Waals surface area contributed by atoms with Crippen molar-refractivity contribution in [3.63, 3.8) is 0 Å². The van der Waals surface area contributed by atoms with Crippen LogP contribution in [0.5, 0.6) is 17.2 Å². The first-order chi connectivity index (χ1) is 14.5. The fourth-order valence-electron chi connectivity index (χ4n) is 2.56. The third-order valence-corrected chi connectivity index (χ3v) is 4.19. The zero-order valence-electron chi connectivity index (χ0n) is 17.5. The van der Waals surface area contributed by atoms with Crippen LogP contribution in [0.1, 0.15) is 27.8 Å². The van der Waals surface area contributed by atoms with Gasteiger partial charge in [0.15, 0.2) is 0 Å². The van der Waals surface area contributed by atoms with Crippen LogP contribution >= 0.6 is 12.4 Å². The maximum atomic E-state index is 9.87. The molecule has 3 aromatic carbocycles. The van der Waals surface area contributed by atoms with Gasteiger partial charge in [0.25, 0.3) is 0 Å². The molecule has 0 saturated heterocycles. The molecule has 3 rings (SSSR count). The van der Waals surface area contributed by atoms with E-state index in [1.165, 1.54) is 0 Å². The SMILES string of the molecule is C=Cc1ccc(O)c(Cc2cc(C=C)ccc2O)c1.C=Cc1ccc(O)cc1.CO.Cl. The van der Waals surface area contributed by atoms with Crippen LogP contribution in [-0.4, -0.2) is 27.5 Å². The van der Waals surface area contributed by atoms with Crippen LogP contribution in [0.25, 0.3) is 18.2 Å². The van der Waals surface area contributed by atoms with Crippen LogP contribution in [0, 0.1) is 0 Å². The summed E-state index contributed by atoms with van der Waals surface area (Å²) in [5, 5.41) is 35.6. The van der Waals surface area contributed by atoms with Gasteiger partial charge in [-0.05, 0) is 64.2 Å². The van der Waals surface area contributed by atoms with Crippen LogP contribution in [-0.2, 0) is 6.42 Å². The topological polar surface area (TPSA) is 80.9 Å². The Hall–Kier alpha value is -3.47. The molecule has 0 spiro atoms. The number of aromatic hydroxyl groups is 3. The molecular formula is C26H29ClO4. The Kier molecular flexibility index (Phi) is 12.9. The van der Waals surface area contributed by atoms with Gasteiger partial charge >= 0.3 is 0 Å². The molecule has 0 aliphatic rings. The molecule has 5 heteroatoms. The summed E-state index contributed by atoms with van der Waals surface area (Å²) in [5.41, 5.74) is 4.41. The van der Waals surface area contributed by atoms with Gasteiger partial charge in [0.2, 0.25) is 0 Å². The molecular weight excluding hydrogens is 412 g/mol. The van der Waals surface area contributed by atoms with Gasteiger partial charge in [-0.25, -0.2) is 0 Å². The van der Waals surface area contributed by atoms with Crippen molar-refractivity contribution < 1.29 is 20.4 Å². The summed E-state index contributed by atoms with van der Waals surface area (Å²) in [5.74, 6) is 0.726. The second kappa shape index (κ2) is 14.5. The normalized spacial score (nSPS) is 8.97. The van der Waals surface area contributed by atoms with Crippen molar-refractivity contribution in [2.24, 2.45) is 0 Å². The lowest BCUT2D eigenvalue weighted by molar-refractivity contribution is 0.399. The highest BCUT2D eigenvalue weighted by Crippen LogP contribution is 2.27. The van der Waals surface area contributed by atoms with Crippen molar-refractivity contribution in [2.45, 2.75) is 6.42 Å². The highest BCUT2D eigenvalue weighted by molar-refractivity contribution is 5.85. The summed E-state index contributed by atoms with van der Waals surface area (Å²) in [6, 6.07) is 17.5. The molecule has 0 amide bonds. The Bertz CT molecular complexity index is 924. The van der Waals surface area contributed by atoms with Crippen molar-refractivity contribution in [3.05, 3.63) is 108 Å². The summed E-state index contributed by atoms with van der Waals surface area (Å²) in [6.07, 6.45) is 5.65. The predicted octanol–water partition coefficient (Wildman–Crippen LogP) is 6.04. The Morgan fingerprint density at radius 3 is 1.32 bits per heavy atom. The lowest BCUT2D eigenvalue weighted by atomic mass is 9.99. The average molecular weight is 441 g/mol. The van der Waals surface area contributed by atoms with E-state index < -0.39 is 0 Å². The third kappa shape index (κ3) is 8.83. The van der Waals surface area contributed by atoms with Gasteiger partial charge in [-0.1, -0.05) is 62.2 Å². The minimum Gasteiger partial charge on any atom is -0.508 e. The molecule has 0 aliphatic heterocycles. The Labute approximate surface area is 190 Å². The summed E-state index contributed by atoms with van der Waals surface area (Å²) < 4.78 is 0. The van der Waals surface area contributed by atoms with E-state index in [0.29, 0.717) is 12.2 Å². The summed E-state index contributed by atoms with van der Waals surface area (Å²) in [7, 11) is 1.00. The van der Waals surface area contributed by atoms with Gasteiger partial charge in [0.1, 0.15) is 17.2 Å². The third-order valence-electron chi connectivity index (χ3n) is 4.19. The molecule has 0 radical (unpaired) electrons. The summed E-state index contributed by atoms with van der Waals surface area (Å²) in [6.45, 7) is 11.0. The van der Waals surface area contributed by atoms with E-state index in [9.17, 15) is 10.2 Å². The van der Waals surface area contributed by atoms with Crippen LogP contribution in [0.3, 0.4) is 0 Å². The van der Waals surface area contributed by atoms with Gasteiger partial charge in [-0.3, -0.25) is 0 Å². The van der Waals surface area contributed by atoms with Crippen LogP contribution < -0.4 is 0 Å². The van der Waals surface area contributed by atoms with Gasteiger partial charge in [-0.15, -0.1) is 12.4 Å². The lowest BCUT2D eigenvalue weighted by Gasteiger charge is -2.09. The fraction of sp³-hybridized carbons (Fsp3) is 0.0769. The summed E-state index contributed by atoms with van der Waals surface area (Å²) >= 11 is 0. The molecule has 4 N–H and O–H groups in total. The quantitative estimate of drug-likeness (QED) is 0.390. The second-order valence-corrected chi connectivity index (χ2v) is 6.16. The molecule has 0 atom stereocenters. The average Bonchev–Trinajstić information content (AvgIpc) is 2.79. The minimum atomic E-state index is 0. The zero-order chi connectivity index (χ0) is 22.5. The lowest BCUT2D eigenvalue weighted by Crippen LogP contribution is -1.91. The number of phenolic OH excluding ortho intramolecular Hbond substituents is 3. The monoisotopic (exact) mass is 440 g/mol. The van der Waals surface area contributed by atoms with Crippen molar-refractivity contribution in [1.82, 2.24) is 0 Å². The van der Waals surface area contributed by atoms with Gasteiger partial charge in [0.05, 0.1) is 0 Å². The van der Waals surface area contributed by atoms with Gasteiger partial charge in [0, 0.05) is 13.5 Å². The first kappa shape index (κ1) is 27.5. The van der Waals surface area contributed by atoms with Crippen LogP contribution in [0.15, 0.2) is 80.4 Å². The minimum absolute atomic E-state index is 0. The van der Waals surface area contributed by atoms with Crippen LogP contribution in [0.4, 0.5) is 0 Å². The number of hydrogen-bond donors (Lipinski definition) is 4. The number of halogens is 1. The predicted molar refractivity (Wildman–Crippen MR) is 133 cm³/mol. The van der Waals surface area contributed by atoms with Crippen molar-refractivity contribution in [2.75, 3.05) is 7.11 Å². The number of hydrogen-bond acceptors (Lipinski definition) is 4. The highest BCUT2D eigenvalue weighted by atomic mass is 35.5. The smallest absolute Gasteiger partial charge is 0.119 e. The second-order valence-electron chi connectivity index (χ2n) is 6.16. The number of aliphatic hydroxyl groups excluding tert-OH is 1. The molecule has 0 heterocycles. The van der Waals surface area contributed by atoms with Crippen molar-refractivity contribution in [1.29, 1.82) is 0 Å². The molecule has 0 aliphatic carbocycles. The first-order valence-electron chi connectivity index (χ1n) is 9.21. The van der Waals surface area contributed by atoms with E-state index in [0.717, 1.165) is 34.9 Å². The molecule has 0 unspecified atom stereocenters. The van der Waals surface area contributed by atoms with Gasteiger partial charge < -0.3 is 20.4 Å². The standard InChI is InChI=1S/C17H16O2.C8H8O.CH4O.ClH/c1-3-12-5-7-16(18)14(9-12)11-15-10-13(4-2)6-8-17(15)19;1-2-7-3-5-8(9)6-4-7;1-2;/h3-10,18-19H,1-2,11H2;2-6,9H,1H2;2H,1H3;1H. The number of rotatable bonds is 5. The molecule has 0 fully saturated rings. The summed E-state index contributed by atoms with van der Waals surface area (Å²) in [4.78, 5) is 0. The van der Waals surface area contributed by atoms with Crippen molar-refractivity contribution >= 4 is 30.6 Å². The molecule has 164 valence electrons. The van der Waals surface area contributed by atoms with E-state index in [1.807, 2.05) is 24.3 Å². The van der Waals surface area contributed by atoms with E-state index in [-0.39, 0.29) is 23.9 Å². The Morgan fingerprint density at radius 2 is 0.968 bits per heavy atom. The molecule has 0 aromatic heterocycles. The highest BCUT2D eigenvalue weighted by Gasteiger charge is 2.07. The number of phenols is 3. The van der Waals surface area contributed by atoms with Crippen molar-refractivity contribution in [3.8, 4) is 17.2 Å². The molecule has 4 nitrogen and oxygen atoms in total. The van der Waals surface area contributed by atoms with E-state index >= 15 is 0 Å². The fourth-order valence-corrected chi connectivity index (χ4v) is 2.56. The maximum absolute atomic E-state index is 9.87. The number of aliphatic hydroxyl groups is 1. The van der Waals surface area contributed by atoms with E-state index in [1.54, 1.807) is 54.6 Å². The molecule has 3 aromatic rings. The Balaban J connectivity index is 0.000000633.